The molecule has 0 amide bonds. The van der Waals surface area contributed by atoms with Gasteiger partial charge in [0.05, 0.1) is 25.3 Å². The number of hydrogen-bond donors (Lipinski definition) is 1. The molecular formula is C11H10BrN5O. The minimum atomic E-state index is 0.192. The van der Waals surface area contributed by atoms with Gasteiger partial charge in [0.25, 0.3) is 0 Å². The first kappa shape index (κ1) is 12.4. The standard InChI is InChI=1S/C11H10BrN5O/c1-18-9-3-2-7(5-13)4-8(9)6-17-10(12)15-11(14)16-17/h2-4H,6H2,1H3,(H2,14,16). The van der Waals surface area contributed by atoms with E-state index in [0.29, 0.717) is 22.6 Å². The molecule has 0 radical (unpaired) electrons. The first-order valence-electron chi connectivity index (χ1n) is 5.07. The molecule has 18 heavy (non-hydrogen) atoms. The molecule has 2 rings (SSSR count). The lowest BCUT2D eigenvalue weighted by Gasteiger charge is -2.09. The zero-order chi connectivity index (χ0) is 13.1. The lowest BCUT2D eigenvalue weighted by atomic mass is 10.1. The summed E-state index contributed by atoms with van der Waals surface area (Å²) in [6.07, 6.45) is 0. The van der Waals surface area contributed by atoms with Crippen molar-refractivity contribution >= 4 is 21.9 Å². The summed E-state index contributed by atoms with van der Waals surface area (Å²) in [6.45, 7) is 0.420. The van der Waals surface area contributed by atoms with Crippen LogP contribution < -0.4 is 10.5 Å². The van der Waals surface area contributed by atoms with Gasteiger partial charge in [-0.2, -0.15) is 10.2 Å². The van der Waals surface area contributed by atoms with Crippen LogP contribution in [-0.4, -0.2) is 21.9 Å². The highest BCUT2D eigenvalue weighted by Crippen LogP contribution is 2.22. The molecule has 2 aromatic rings. The van der Waals surface area contributed by atoms with Crippen LogP contribution in [0, 0.1) is 11.3 Å². The van der Waals surface area contributed by atoms with Gasteiger partial charge in [-0.15, -0.1) is 5.10 Å². The van der Waals surface area contributed by atoms with Crippen LogP contribution >= 0.6 is 15.9 Å². The van der Waals surface area contributed by atoms with Crippen LogP contribution in [0.5, 0.6) is 5.75 Å². The number of methoxy groups -OCH3 is 1. The highest BCUT2D eigenvalue weighted by atomic mass is 79.9. The predicted molar refractivity (Wildman–Crippen MR) is 68.9 cm³/mol. The quantitative estimate of drug-likeness (QED) is 0.929. The summed E-state index contributed by atoms with van der Waals surface area (Å²) in [4.78, 5) is 3.95. The lowest BCUT2D eigenvalue weighted by molar-refractivity contribution is 0.407. The number of nitrogens with zero attached hydrogens (tertiary/aromatic N) is 4. The molecule has 0 unspecified atom stereocenters. The molecule has 0 aliphatic rings. The molecule has 6 nitrogen and oxygen atoms in total. The molecule has 0 fully saturated rings. The van der Waals surface area contributed by atoms with E-state index in [-0.39, 0.29) is 5.95 Å². The number of nitrogens with two attached hydrogens (primary N) is 1. The fourth-order valence-corrected chi connectivity index (χ4v) is 1.96. The normalized spacial score (nSPS) is 10.1. The second-order valence-electron chi connectivity index (χ2n) is 3.54. The first-order chi connectivity index (χ1) is 8.63. The average Bonchev–Trinajstić information content (AvgIpc) is 2.67. The number of halogens is 1. The summed E-state index contributed by atoms with van der Waals surface area (Å²) in [5.41, 5.74) is 6.90. The molecule has 0 aliphatic carbocycles. The second-order valence-corrected chi connectivity index (χ2v) is 4.24. The van der Waals surface area contributed by atoms with Crippen molar-refractivity contribution < 1.29 is 4.74 Å². The van der Waals surface area contributed by atoms with Gasteiger partial charge in [-0.05, 0) is 34.1 Å². The molecule has 7 heteroatoms. The maximum absolute atomic E-state index is 8.90. The van der Waals surface area contributed by atoms with Crippen LogP contribution in [0.15, 0.2) is 22.9 Å². The summed E-state index contributed by atoms with van der Waals surface area (Å²) in [7, 11) is 1.58. The van der Waals surface area contributed by atoms with Crippen LogP contribution in [0.4, 0.5) is 5.95 Å². The number of hydrogen-bond acceptors (Lipinski definition) is 5. The van der Waals surface area contributed by atoms with Gasteiger partial charge >= 0.3 is 0 Å². The Hall–Kier alpha value is -2.07. The van der Waals surface area contributed by atoms with Gasteiger partial charge in [0.15, 0.2) is 4.73 Å². The molecule has 0 atom stereocenters. The molecule has 0 aliphatic heterocycles. The second kappa shape index (κ2) is 5.06. The van der Waals surface area contributed by atoms with Crippen LogP contribution in [-0.2, 0) is 6.54 Å². The highest BCUT2D eigenvalue weighted by Gasteiger charge is 2.10. The number of nitrogen functional groups attached to an aromatic ring is 1. The van der Waals surface area contributed by atoms with Crippen molar-refractivity contribution in [2.75, 3.05) is 12.8 Å². The lowest BCUT2D eigenvalue weighted by Crippen LogP contribution is -2.05. The van der Waals surface area contributed by atoms with Crippen molar-refractivity contribution in [2.45, 2.75) is 6.54 Å². The number of rotatable bonds is 3. The van der Waals surface area contributed by atoms with Crippen molar-refractivity contribution in [1.29, 1.82) is 5.26 Å². The minimum Gasteiger partial charge on any atom is -0.496 e. The largest absolute Gasteiger partial charge is 0.496 e. The van der Waals surface area contributed by atoms with E-state index in [2.05, 4.69) is 32.1 Å². The van der Waals surface area contributed by atoms with Gasteiger partial charge in [-0.25, -0.2) is 4.68 Å². The van der Waals surface area contributed by atoms with Crippen LogP contribution in [0.3, 0.4) is 0 Å². The molecule has 92 valence electrons. The van der Waals surface area contributed by atoms with E-state index in [1.165, 1.54) is 0 Å². The molecule has 0 saturated carbocycles. The van der Waals surface area contributed by atoms with Crippen LogP contribution in [0.25, 0.3) is 0 Å². The molecule has 1 aromatic carbocycles. The summed E-state index contributed by atoms with van der Waals surface area (Å²) in [6, 6.07) is 7.29. The zero-order valence-corrected chi connectivity index (χ0v) is 11.2. The number of benzene rings is 1. The maximum atomic E-state index is 8.90. The van der Waals surface area contributed by atoms with Crippen molar-refractivity contribution in [3.05, 3.63) is 34.1 Å². The average molecular weight is 308 g/mol. The fourth-order valence-electron chi connectivity index (χ4n) is 1.57. The number of aromatic nitrogens is 3. The van der Waals surface area contributed by atoms with E-state index in [0.717, 1.165) is 5.56 Å². The van der Waals surface area contributed by atoms with Gasteiger partial charge in [0.1, 0.15) is 5.75 Å². The van der Waals surface area contributed by atoms with E-state index in [1.54, 1.807) is 30.0 Å². The molecule has 0 saturated heterocycles. The highest BCUT2D eigenvalue weighted by molar-refractivity contribution is 9.10. The Bertz CT molecular complexity index is 616. The van der Waals surface area contributed by atoms with Gasteiger partial charge in [-0.3, -0.25) is 0 Å². The number of nitriles is 1. The molecule has 1 heterocycles. The monoisotopic (exact) mass is 307 g/mol. The van der Waals surface area contributed by atoms with Crippen molar-refractivity contribution in [3.8, 4) is 11.8 Å². The van der Waals surface area contributed by atoms with Crippen LogP contribution in [0.1, 0.15) is 11.1 Å². The fraction of sp³-hybridized carbons (Fsp3) is 0.182. The van der Waals surface area contributed by atoms with Gasteiger partial charge in [0, 0.05) is 5.56 Å². The summed E-state index contributed by atoms with van der Waals surface area (Å²) < 4.78 is 7.37. The Balaban J connectivity index is 2.38. The van der Waals surface area contributed by atoms with E-state index in [4.69, 9.17) is 15.7 Å². The Labute approximate surface area is 112 Å². The van der Waals surface area contributed by atoms with Crippen molar-refractivity contribution in [3.63, 3.8) is 0 Å². The summed E-state index contributed by atoms with van der Waals surface area (Å²) in [5.74, 6) is 0.882. The van der Waals surface area contributed by atoms with E-state index in [1.807, 2.05) is 0 Å². The van der Waals surface area contributed by atoms with E-state index < -0.39 is 0 Å². The van der Waals surface area contributed by atoms with Crippen molar-refractivity contribution in [2.24, 2.45) is 0 Å². The topological polar surface area (TPSA) is 89.8 Å². The first-order valence-corrected chi connectivity index (χ1v) is 5.86. The Morgan fingerprint density at radius 1 is 1.56 bits per heavy atom. The van der Waals surface area contributed by atoms with Gasteiger partial charge in [0.2, 0.25) is 5.95 Å². The Kier molecular flexibility index (Phi) is 3.48. The smallest absolute Gasteiger partial charge is 0.240 e. The van der Waals surface area contributed by atoms with E-state index in [9.17, 15) is 0 Å². The van der Waals surface area contributed by atoms with Gasteiger partial charge < -0.3 is 10.5 Å². The maximum Gasteiger partial charge on any atom is 0.240 e. The minimum absolute atomic E-state index is 0.192. The molecule has 0 spiro atoms. The molecule has 1 aromatic heterocycles. The Morgan fingerprint density at radius 2 is 2.33 bits per heavy atom. The number of ether oxygens (including phenoxy) is 1. The van der Waals surface area contributed by atoms with Gasteiger partial charge in [-0.1, -0.05) is 0 Å². The van der Waals surface area contributed by atoms with E-state index >= 15 is 0 Å². The third-order valence-corrected chi connectivity index (χ3v) is 2.96. The Morgan fingerprint density at radius 3 is 2.89 bits per heavy atom. The summed E-state index contributed by atoms with van der Waals surface area (Å²) in [5, 5.41) is 12.9. The summed E-state index contributed by atoms with van der Waals surface area (Å²) >= 11 is 3.26. The predicted octanol–water partition coefficient (Wildman–Crippen LogP) is 1.55. The third kappa shape index (κ3) is 2.43. The molecule has 2 N–H and O–H groups in total. The molecule has 0 bridgehead atoms. The number of anilines is 1. The molecular weight excluding hydrogens is 298 g/mol. The SMILES string of the molecule is COc1ccc(C#N)cc1Cn1nc(N)nc1Br. The third-order valence-electron chi connectivity index (χ3n) is 2.37. The van der Waals surface area contributed by atoms with Crippen molar-refractivity contribution in [1.82, 2.24) is 14.8 Å². The van der Waals surface area contributed by atoms with Crippen LogP contribution in [0.2, 0.25) is 0 Å². The zero-order valence-electron chi connectivity index (χ0n) is 9.59.